The van der Waals surface area contributed by atoms with E-state index < -0.39 is 10.9 Å². The summed E-state index contributed by atoms with van der Waals surface area (Å²) in [6, 6.07) is 33.1. The molecule has 0 saturated heterocycles. The first-order valence-corrected chi connectivity index (χ1v) is 9.61. The van der Waals surface area contributed by atoms with Gasteiger partial charge < -0.3 is 5.11 Å². The molecule has 0 aliphatic heterocycles. The van der Waals surface area contributed by atoms with Gasteiger partial charge in [0.2, 0.25) is 0 Å². The Hall–Kier alpha value is -2.54. The second kappa shape index (κ2) is 8.71. The molecule has 1 atom stereocenters. The molecule has 2 nitrogen and oxygen atoms in total. The van der Waals surface area contributed by atoms with Crippen molar-refractivity contribution in [1.82, 2.24) is 0 Å². The summed E-state index contributed by atoms with van der Waals surface area (Å²) in [5, 5.41) is 19.1. The first-order valence-electron chi connectivity index (χ1n) is 8.63. The number of hydrogen-bond donors (Lipinski definition) is 1. The Morgan fingerprint density at radius 1 is 0.769 bits per heavy atom. The van der Waals surface area contributed by atoms with Crippen LogP contribution in [0.3, 0.4) is 0 Å². The van der Waals surface area contributed by atoms with Crippen molar-refractivity contribution in [3.05, 3.63) is 108 Å². The summed E-state index contributed by atoms with van der Waals surface area (Å²) in [6.45, 7) is 0. The van der Waals surface area contributed by atoms with E-state index in [0.29, 0.717) is 5.75 Å². The molecule has 0 radical (unpaired) electrons. The van der Waals surface area contributed by atoms with Gasteiger partial charge in [-0.05, 0) is 16.7 Å². The summed E-state index contributed by atoms with van der Waals surface area (Å²) in [4.78, 5) is 0. The third-order valence-corrected chi connectivity index (χ3v) is 6.05. The van der Waals surface area contributed by atoms with Crippen molar-refractivity contribution in [3.8, 4) is 6.07 Å². The number of nitriles is 1. The maximum atomic E-state index is 10.2. The van der Waals surface area contributed by atoms with Gasteiger partial charge in [-0.2, -0.15) is 5.26 Å². The van der Waals surface area contributed by atoms with E-state index in [1.165, 1.54) is 0 Å². The monoisotopic (exact) mass is 359 g/mol. The van der Waals surface area contributed by atoms with Crippen LogP contribution in [0.25, 0.3) is 0 Å². The molecule has 0 spiro atoms. The lowest BCUT2D eigenvalue weighted by molar-refractivity contribution is 0.205. The zero-order chi connectivity index (χ0) is 18.2. The standard InChI is InChI=1S/C23H21NOS/c24-17-16-22(25)18-26-23(19-10-4-1-5-11-19,20-12-6-2-7-13-20)21-14-8-3-9-15-21/h1-15,22,25H,16,18H2. The first-order chi connectivity index (χ1) is 12.8. The van der Waals surface area contributed by atoms with E-state index in [1.807, 2.05) is 54.6 Å². The molecule has 26 heavy (non-hydrogen) atoms. The molecule has 0 fully saturated rings. The molecule has 0 aromatic heterocycles. The predicted octanol–water partition coefficient (Wildman–Crippen LogP) is 4.99. The molecule has 0 aliphatic rings. The quantitative estimate of drug-likeness (QED) is 0.605. The fourth-order valence-electron chi connectivity index (χ4n) is 3.15. The van der Waals surface area contributed by atoms with E-state index in [0.717, 1.165) is 16.7 Å². The highest BCUT2D eigenvalue weighted by Gasteiger charge is 2.37. The Bertz CT molecular complexity index is 747. The van der Waals surface area contributed by atoms with Crippen LogP contribution in [0.2, 0.25) is 0 Å². The fourth-order valence-corrected chi connectivity index (χ4v) is 4.62. The van der Waals surface area contributed by atoms with Gasteiger partial charge in [-0.15, -0.1) is 11.8 Å². The zero-order valence-electron chi connectivity index (χ0n) is 14.5. The van der Waals surface area contributed by atoms with Gasteiger partial charge in [0.05, 0.1) is 23.3 Å². The SMILES string of the molecule is N#CCC(O)CSC(c1ccccc1)(c1ccccc1)c1ccccc1. The first kappa shape index (κ1) is 18.3. The Balaban J connectivity index is 2.16. The maximum Gasteiger partial charge on any atom is 0.0907 e. The molecule has 130 valence electrons. The van der Waals surface area contributed by atoms with Crippen LogP contribution >= 0.6 is 11.8 Å². The molecule has 3 aromatic carbocycles. The lowest BCUT2D eigenvalue weighted by atomic mass is 9.84. The topological polar surface area (TPSA) is 44.0 Å². The van der Waals surface area contributed by atoms with Gasteiger partial charge in [-0.1, -0.05) is 91.0 Å². The van der Waals surface area contributed by atoms with Crippen LogP contribution in [0.4, 0.5) is 0 Å². The van der Waals surface area contributed by atoms with Crippen molar-refractivity contribution >= 4 is 11.8 Å². The van der Waals surface area contributed by atoms with Gasteiger partial charge in [-0.3, -0.25) is 0 Å². The third kappa shape index (κ3) is 3.83. The number of aliphatic hydroxyl groups is 1. The molecule has 3 rings (SSSR count). The number of hydrogen-bond acceptors (Lipinski definition) is 3. The highest BCUT2D eigenvalue weighted by atomic mass is 32.2. The Morgan fingerprint density at radius 2 is 1.15 bits per heavy atom. The Labute approximate surface area is 159 Å². The molecule has 3 aromatic rings. The molecule has 0 amide bonds. The maximum absolute atomic E-state index is 10.2. The van der Waals surface area contributed by atoms with Crippen LogP contribution < -0.4 is 0 Å². The van der Waals surface area contributed by atoms with Gasteiger partial charge in [0.25, 0.3) is 0 Å². The zero-order valence-corrected chi connectivity index (χ0v) is 15.3. The predicted molar refractivity (Wildman–Crippen MR) is 108 cm³/mol. The Kier molecular flexibility index (Phi) is 6.12. The fraction of sp³-hybridized carbons (Fsp3) is 0.174. The van der Waals surface area contributed by atoms with Crippen LogP contribution in [-0.2, 0) is 4.75 Å². The highest BCUT2D eigenvalue weighted by molar-refractivity contribution is 8.00. The summed E-state index contributed by atoms with van der Waals surface area (Å²) in [7, 11) is 0. The van der Waals surface area contributed by atoms with Gasteiger partial charge in [0, 0.05) is 5.75 Å². The van der Waals surface area contributed by atoms with Crippen LogP contribution in [0.5, 0.6) is 0 Å². The van der Waals surface area contributed by atoms with Crippen molar-refractivity contribution in [2.75, 3.05) is 5.75 Å². The normalized spacial score (nSPS) is 12.3. The molecule has 0 saturated carbocycles. The summed E-state index contributed by atoms with van der Waals surface area (Å²) >= 11 is 1.68. The van der Waals surface area contributed by atoms with E-state index in [2.05, 4.69) is 42.5 Å². The number of rotatable bonds is 7. The van der Waals surface area contributed by atoms with Crippen molar-refractivity contribution in [1.29, 1.82) is 5.26 Å². The molecule has 1 unspecified atom stereocenters. The second-order valence-electron chi connectivity index (χ2n) is 6.11. The summed E-state index contributed by atoms with van der Waals surface area (Å²) in [5.74, 6) is 0.478. The summed E-state index contributed by atoms with van der Waals surface area (Å²) in [6.07, 6.45) is -0.512. The van der Waals surface area contributed by atoms with Crippen molar-refractivity contribution < 1.29 is 5.11 Å². The molecule has 3 heteroatoms. The van der Waals surface area contributed by atoms with Crippen LogP contribution in [0, 0.1) is 11.3 Å². The number of benzene rings is 3. The van der Waals surface area contributed by atoms with E-state index in [1.54, 1.807) is 11.8 Å². The molecule has 1 N–H and O–H groups in total. The van der Waals surface area contributed by atoms with Crippen LogP contribution in [0.15, 0.2) is 91.0 Å². The minimum Gasteiger partial charge on any atom is -0.391 e. The average Bonchev–Trinajstić information content (AvgIpc) is 2.71. The van der Waals surface area contributed by atoms with Gasteiger partial charge >= 0.3 is 0 Å². The summed E-state index contributed by atoms with van der Waals surface area (Å²) in [5.41, 5.74) is 3.48. The molecular weight excluding hydrogens is 338 g/mol. The molecular formula is C23H21NOS. The molecule has 0 heterocycles. The van der Waals surface area contributed by atoms with Crippen molar-refractivity contribution in [2.24, 2.45) is 0 Å². The van der Waals surface area contributed by atoms with Gasteiger partial charge in [0.15, 0.2) is 0 Å². The van der Waals surface area contributed by atoms with E-state index in [4.69, 9.17) is 5.26 Å². The third-order valence-electron chi connectivity index (χ3n) is 4.36. The molecule has 0 aliphatic carbocycles. The Morgan fingerprint density at radius 3 is 1.50 bits per heavy atom. The number of thioether (sulfide) groups is 1. The minimum absolute atomic E-state index is 0.140. The second-order valence-corrected chi connectivity index (χ2v) is 7.34. The summed E-state index contributed by atoms with van der Waals surface area (Å²) < 4.78 is -0.444. The lowest BCUT2D eigenvalue weighted by Gasteiger charge is -2.36. The number of aliphatic hydroxyl groups excluding tert-OH is 1. The van der Waals surface area contributed by atoms with Crippen molar-refractivity contribution in [2.45, 2.75) is 17.3 Å². The van der Waals surface area contributed by atoms with E-state index in [9.17, 15) is 5.11 Å². The lowest BCUT2D eigenvalue weighted by Crippen LogP contribution is -2.28. The van der Waals surface area contributed by atoms with E-state index >= 15 is 0 Å². The largest absolute Gasteiger partial charge is 0.391 e. The van der Waals surface area contributed by atoms with E-state index in [-0.39, 0.29) is 6.42 Å². The van der Waals surface area contributed by atoms with Crippen LogP contribution in [-0.4, -0.2) is 17.0 Å². The van der Waals surface area contributed by atoms with Crippen molar-refractivity contribution in [3.63, 3.8) is 0 Å². The minimum atomic E-state index is -0.652. The average molecular weight is 359 g/mol. The van der Waals surface area contributed by atoms with Crippen LogP contribution in [0.1, 0.15) is 23.1 Å². The number of nitrogens with zero attached hydrogens (tertiary/aromatic N) is 1. The van der Waals surface area contributed by atoms with Gasteiger partial charge in [-0.25, -0.2) is 0 Å². The van der Waals surface area contributed by atoms with Gasteiger partial charge in [0.1, 0.15) is 0 Å². The smallest absolute Gasteiger partial charge is 0.0907 e. The molecule has 0 bridgehead atoms. The highest BCUT2D eigenvalue weighted by Crippen LogP contribution is 2.48.